The maximum Gasteiger partial charge on any atom is 0.320 e. The van der Waals surface area contributed by atoms with Crippen molar-refractivity contribution in [3.63, 3.8) is 0 Å². The van der Waals surface area contributed by atoms with Crippen molar-refractivity contribution >= 4 is 11.8 Å². The quantitative estimate of drug-likeness (QED) is 0.751. The van der Waals surface area contributed by atoms with E-state index in [0.29, 0.717) is 12.2 Å². The van der Waals surface area contributed by atoms with Gasteiger partial charge in [0, 0.05) is 25.2 Å². The van der Waals surface area contributed by atoms with Crippen molar-refractivity contribution in [2.45, 2.75) is 26.3 Å². The summed E-state index contributed by atoms with van der Waals surface area (Å²) in [6, 6.07) is 1.62. The molecule has 0 radical (unpaired) electrons. The van der Waals surface area contributed by atoms with Crippen LogP contribution in [0.15, 0.2) is 12.3 Å². The van der Waals surface area contributed by atoms with Gasteiger partial charge in [0.25, 0.3) is 0 Å². The van der Waals surface area contributed by atoms with Crippen molar-refractivity contribution < 1.29 is 4.79 Å². The minimum Gasteiger partial charge on any atom is -0.335 e. The van der Waals surface area contributed by atoms with Crippen LogP contribution in [-0.4, -0.2) is 37.3 Å². The predicted molar refractivity (Wildman–Crippen MR) is 69.6 cm³/mol. The first-order chi connectivity index (χ1) is 9.02. The number of urea groups is 1. The van der Waals surface area contributed by atoms with Gasteiger partial charge in [-0.05, 0) is 19.9 Å². The zero-order valence-electron chi connectivity index (χ0n) is 11.1. The van der Waals surface area contributed by atoms with Gasteiger partial charge in [-0.1, -0.05) is 5.21 Å². The molecule has 1 atom stereocenters. The number of aryl methyl sites for hydroxylation is 2. The highest BCUT2D eigenvalue weighted by Gasteiger charge is 2.11. The van der Waals surface area contributed by atoms with E-state index in [1.54, 1.807) is 13.2 Å². The second-order valence-corrected chi connectivity index (χ2v) is 4.52. The van der Waals surface area contributed by atoms with Crippen LogP contribution in [0.1, 0.15) is 18.3 Å². The SMILES string of the molecule is Cc1cc(C[C@H](C)NC(=O)Nc2cn(C)nn2)n[nH]1. The summed E-state index contributed by atoms with van der Waals surface area (Å²) >= 11 is 0. The van der Waals surface area contributed by atoms with Crippen molar-refractivity contribution in [2.24, 2.45) is 7.05 Å². The number of aromatic nitrogens is 5. The van der Waals surface area contributed by atoms with Gasteiger partial charge in [-0.15, -0.1) is 5.10 Å². The number of carbonyl (C=O) groups excluding carboxylic acids is 1. The molecule has 0 aliphatic heterocycles. The number of amides is 2. The molecule has 2 aromatic rings. The lowest BCUT2D eigenvalue weighted by molar-refractivity contribution is 0.249. The molecule has 2 rings (SSSR count). The first kappa shape index (κ1) is 13.1. The molecule has 102 valence electrons. The fourth-order valence-corrected chi connectivity index (χ4v) is 1.72. The number of hydrogen-bond donors (Lipinski definition) is 3. The molecule has 0 aromatic carbocycles. The molecule has 0 saturated carbocycles. The van der Waals surface area contributed by atoms with Gasteiger partial charge in [-0.25, -0.2) is 4.79 Å². The number of aromatic amines is 1. The highest BCUT2D eigenvalue weighted by atomic mass is 16.2. The third kappa shape index (κ3) is 3.80. The average Bonchev–Trinajstić information content (AvgIpc) is 2.87. The standard InChI is InChI=1S/C11H17N7O/c1-7(4-9-5-8(2)14-15-9)12-11(19)13-10-6-18(3)17-16-10/h5-7H,4H2,1-3H3,(H,14,15)(H2,12,13,19)/t7-/m0/s1. The summed E-state index contributed by atoms with van der Waals surface area (Å²) in [5.74, 6) is 0.419. The largest absolute Gasteiger partial charge is 0.335 e. The zero-order valence-corrected chi connectivity index (χ0v) is 11.1. The monoisotopic (exact) mass is 263 g/mol. The number of hydrogen-bond acceptors (Lipinski definition) is 4. The number of nitrogens with zero attached hydrogens (tertiary/aromatic N) is 4. The molecule has 0 spiro atoms. The lowest BCUT2D eigenvalue weighted by atomic mass is 10.2. The first-order valence-corrected chi connectivity index (χ1v) is 5.97. The zero-order chi connectivity index (χ0) is 13.8. The van der Waals surface area contributed by atoms with Crippen LogP contribution in [0.25, 0.3) is 0 Å². The van der Waals surface area contributed by atoms with E-state index in [2.05, 4.69) is 31.1 Å². The Morgan fingerprint density at radius 2 is 2.37 bits per heavy atom. The molecule has 0 aliphatic rings. The van der Waals surface area contributed by atoms with Crippen molar-refractivity contribution in [3.8, 4) is 0 Å². The Bertz CT molecular complexity index is 559. The fraction of sp³-hybridized carbons (Fsp3) is 0.455. The Balaban J connectivity index is 1.81. The Labute approximate surface area is 110 Å². The maximum atomic E-state index is 11.7. The van der Waals surface area contributed by atoms with E-state index in [1.807, 2.05) is 19.9 Å². The van der Waals surface area contributed by atoms with Gasteiger partial charge in [0.15, 0.2) is 5.82 Å². The van der Waals surface area contributed by atoms with Gasteiger partial charge in [0.1, 0.15) is 0 Å². The summed E-state index contributed by atoms with van der Waals surface area (Å²) in [6.07, 6.45) is 2.29. The molecule has 2 heterocycles. The van der Waals surface area contributed by atoms with Crippen LogP contribution in [0.5, 0.6) is 0 Å². The maximum absolute atomic E-state index is 11.7. The normalized spacial score (nSPS) is 12.2. The predicted octanol–water partition coefficient (Wildman–Crippen LogP) is 0.599. The van der Waals surface area contributed by atoms with E-state index in [-0.39, 0.29) is 12.1 Å². The number of carbonyl (C=O) groups is 1. The molecule has 0 bridgehead atoms. The van der Waals surface area contributed by atoms with E-state index < -0.39 is 0 Å². The number of anilines is 1. The Hall–Kier alpha value is -2.38. The highest BCUT2D eigenvalue weighted by molar-refractivity contribution is 5.88. The molecular weight excluding hydrogens is 246 g/mol. The molecule has 8 heteroatoms. The Kier molecular flexibility index (Phi) is 3.79. The molecule has 3 N–H and O–H groups in total. The van der Waals surface area contributed by atoms with Gasteiger partial charge < -0.3 is 5.32 Å². The summed E-state index contributed by atoms with van der Waals surface area (Å²) in [6.45, 7) is 3.86. The second-order valence-electron chi connectivity index (χ2n) is 4.52. The van der Waals surface area contributed by atoms with Crippen molar-refractivity contribution in [1.82, 2.24) is 30.5 Å². The summed E-state index contributed by atoms with van der Waals surface area (Å²) in [5.41, 5.74) is 1.93. The molecule has 0 saturated heterocycles. The fourth-order valence-electron chi connectivity index (χ4n) is 1.72. The molecule has 0 aliphatic carbocycles. The summed E-state index contributed by atoms with van der Waals surface area (Å²) in [5, 5.41) is 19.9. The van der Waals surface area contributed by atoms with Crippen molar-refractivity contribution in [3.05, 3.63) is 23.7 Å². The molecule has 19 heavy (non-hydrogen) atoms. The smallest absolute Gasteiger partial charge is 0.320 e. The minimum atomic E-state index is -0.305. The molecular formula is C11H17N7O. The van der Waals surface area contributed by atoms with E-state index >= 15 is 0 Å². The second kappa shape index (κ2) is 5.51. The van der Waals surface area contributed by atoms with Gasteiger partial charge in [0.05, 0.1) is 11.9 Å². The summed E-state index contributed by atoms with van der Waals surface area (Å²) < 4.78 is 1.52. The van der Waals surface area contributed by atoms with E-state index in [9.17, 15) is 4.79 Å². The lowest BCUT2D eigenvalue weighted by Crippen LogP contribution is -2.37. The lowest BCUT2D eigenvalue weighted by Gasteiger charge is -2.12. The van der Waals surface area contributed by atoms with Crippen LogP contribution < -0.4 is 10.6 Å². The van der Waals surface area contributed by atoms with Crippen LogP contribution in [0.4, 0.5) is 10.6 Å². The highest BCUT2D eigenvalue weighted by Crippen LogP contribution is 2.03. The minimum absolute atomic E-state index is 0.0284. The molecule has 2 aromatic heterocycles. The summed E-state index contributed by atoms with van der Waals surface area (Å²) in [4.78, 5) is 11.7. The van der Waals surface area contributed by atoms with Crippen molar-refractivity contribution in [1.29, 1.82) is 0 Å². The van der Waals surface area contributed by atoms with Crippen LogP contribution in [0, 0.1) is 6.92 Å². The van der Waals surface area contributed by atoms with Gasteiger partial charge in [0.2, 0.25) is 0 Å². The van der Waals surface area contributed by atoms with Crippen LogP contribution >= 0.6 is 0 Å². The van der Waals surface area contributed by atoms with E-state index in [4.69, 9.17) is 0 Å². The third-order valence-corrected chi connectivity index (χ3v) is 2.50. The number of H-pyrrole nitrogens is 1. The Morgan fingerprint density at radius 3 is 2.95 bits per heavy atom. The summed E-state index contributed by atoms with van der Waals surface area (Å²) in [7, 11) is 1.73. The average molecular weight is 263 g/mol. The van der Waals surface area contributed by atoms with Crippen molar-refractivity contribution in [2.75, 3.05) is 5.32 Å². The van der Waals surface area contributed by atoms with Crippen LogP contribution in [-0.2, 0) is 13.5 Å². The van der Waals surface area contributed by atoms with Crippen LogP contribution in [0.2, 0.25) is 0 Å². The Morgan fingerprint density at radius 1 is 1.58 bits per heavy atom. The van der Waals surface area contributed by atoms with Crippen LogP contribution in [0.3, 0.4) is 0 Å². The van der Waals surface area contributed by atoms with E-state index in [1.165, 1.54) is 4.68 Å². The topological polar surface area (TPSA) is 101 Å². The first-order valence-electron chi connectivity index (χ1n) is 5.97. The molecule has 2 amide bonds. The number of rotatable bonds is 4. The van der Waals surface area contributed by atoms with E-state index in [0.717, 1.165) is 11.4 Å². The molecule has 0 unspecified atom stereocenters. The number of nitrogens with one attached hydrogen (secondary N) is 3. The van der Waals surface area contributed by atoms with Gasteiger partial charge in [-0.3, -0.25) is 15.1 Å². The van der Waals surface area contributed by atoms with Gasteiger partial charge in [-0.2, -0.15) is 5.10 Å². The molecule has 0 fully saturated rings. The third-order valence-electron chi connectivity index (χ3n) is 2.50. The van der Waals surface area contributed by atoms with Gasteiger partial charge >= 0.3 is 6.03 Å². The molecule has 8 nitrogen and oxygen atoms in total.